The number of anilines is 2. The van der Waals surface area contributed by atoms with Crippen LogP contribution >= 0.6 is 22.6 Å². The summed E-state index contributed by atoms with van der Waals surface area (Å²) in [6.45, 7) is 2.50. The predicted molar refractivity (Wildman–Crippen MR) is 103 cm³/mol. The molecule has 2 aromatic carbocycles. The Bertz CT molecular complexity index is 702. The van der Waals surface area contributed by atoms with Crippen LogP contribution in [0.15, 0.2) is 48.5 Å². The third-order valence-electron chi connectivity index (χ3n) is 3.16. The van der Waals surface area contributed by atoms with Gasteiger partial charge in [-0.3, -0.25) is 4.79 Å². The average molecular weight is 438 g/mol. The van der Waals surface area contributed by atoms with Crippen LogP contribution in [0.1, 0.15) is 23.7 Å². The maximum absolute atomic E-state index is 12.0. The highest BCUT2D eigenvalue weighted by Crippen LogP contribution is 2.17. The van der Waals surface area contributed by atoms with E-state index in [1.165, 1.54) is 0 Å². The van der Waals surface area contributed by atoms with Gasteiger partial charge in [0.2, 0.25) is 5.91 Å². The lowest BCUT2D eigenvalue weighted by Gasteiger charge is -2.09. The van der Waals surface area contributed by atoms with E-state index in [-0.39, 0.29) is 18.4 Å². The van der Waals surface area contributed by atoms with Crippen molar-refractivity contribution in [1.29, 1.82) is 0 Å². The molecule has 0 bridgehead atoms. The van der Waals surface area contributed by atoms with E-state index in [4.69, 9.17) is 4.74 Å². The third-order valence-corrected chi connectivity index (χ3v) is 4.10. The molecule has 0 radical (unpaired) electrons. The topological polar surface area (TPSA) is 67.4 Å². The molecule has 2 N–H and O–H groups in total. The molecule has 126 valence electrons. The van der Waals surface area contributed by atoms with E-state index in [1.54, 1.807) is 24.3 Å². The van der Waals surface area contributed by atoms with Gasteiger partial charge < -0.3 is 15.4 Å². The van der Waals surface area contributed by atoms with E-state index in [0.29, 0.717) is 12.2 Å². The van der Waals surface area contributed by atoms with E-state index >= 15 is 0 Å². The Morgan fingerprint density at radius 2 is 1.79 bits per heavy atom. The van der Waals surface area contributed by atoms with E-state index in [2.05, 4.69) is 33.2 Å². The van der Waals surface area contributed by atoms with Crippen LogP contribution in [-0.2, 0) is 9.53 Å². The minimum absolute atomic E-state index is 0.134. The standard InChI is InChI=1S/C18H19IN2O3/c1-2-11-24-18(23)13-7-9-14(10-8-13)20-12-17(22)21-16-6-4-3-5-15(16)19/h3-10,20H,2,11-12H2,1H3,(H,21,22). The van der Waals surface area contributed by atoms with Crippen LogP contribution in [0.3, 0.4) is 0 Å². The van der Waals surface area contributed by atoms with E-state index in [0.717, 1.165) is 21.4 Å². The number of para-hydroxylation sites is 1. The quantitative estimate of drug-likeness (QED) is 0.508. The fraction of sp³-hybridized carbons (Fsp3) is 0.222. The Hall–Kier alpha value is -2.09. The minimum atomic E-state index is -0.334. The van der Waals surface area contributed by atoms with Crippen molar-refractivity contribution in [3.63, 3.8) is 0 Å². The predicted octanol–water partition coefficient (Wildman–Crippen LogP) is 3.91. The molecule has 5 nitrogen and oxygen atoms in total. The zero-order valence-corrected chi connectivity index (χ0v) is 15.5. The van der Waals surface area contributed by atoms with Gasteiger partial charge >= 0.3 is 5.97 Å². The van der Waals surface area contributed by atoms with Gasteiger partial charge in [0, 0.05) is 9.26 Å². The van der Waals surface area contributed by atoms with E-state index in [1.807, 2.05) is 31.2 Å². The molecule has 0 saturated carbocycles. The summed E-state index contributed by atoms with van der Waals surface area (Å²) < 4.78 is 6.05. The van der Waals surface area contributed by atoms with Crippen molar-refractivity contribution >= 4 is 45.8 Å². The summed E-state index contributed by atoms with van der Waals surface area (Å²) in [6, 6.07) is 14.4. The second-order valence-corrected chi connectivity index (χ2v) is 6.26. The zero-order chi connectivity index (χ0) is 17.4. The molecule has 2 aromatic rings. The fourth-order valence-electron chi connectivity index (χ4n) is 1.94. The molecular weight excluding hydrogens is 419 g/mol. The average Bonchev–Trinajstić information content (AvgIpc) is 2.60. The lowest BCUT2D eigenvalue weighted by molar-refractivity contribution is -0.114. The summed E-state index contributed by atoms with van der Waals surface area (Å²) in [5, 5.41) is 5.88. The first-order valence-electron chi connectivity index (χ1n) is 7.65. The zero-order valence-electron chi connectivity index (χ0n) is 13.3. The molecule has 0 unspecified atom stereocenters. The molecule has 0 aromatic heterocycles. The van der Waals surface area contributed by atoms with Gasteiger partial charge in [-0.25, -0.2) is 4.79 Å². The number of ether oxygens (including phenoxy) is 1. The fourth-order valence-corrected chi connectivity index (χ4v) is 2.46. The molecule has 0 aliphatic rings. The second kappa shape index (κ2) is 9.27. The molecule has 0 atom stereocenters. The van der Waals surface area contributed by atoms with Crippen LogP contribution in [0.2, 0.25) is 0 Å². The van der Waals surface area contributed by atoms with Crippen molar-refractivity contribution in [3.8, 4) is 0 Å². The Morgan fingerprint density at radius 1 is 1.08 bits per heavy atom. The summed E-state index contributed by atoms with van der Waals surface area (Å²) in [5.41, 5.74) is 2.05. The Balaban J connectivity index is 1.85. The van der Waals surface area contributed by atoms with Crippen molar-refractivity contribution in [2.45, 2.75) is 13.3 Å². The van der Waals surface area contributed by atoms with Crippen molar-refractivity contribution in [3.05, 3.63) is 57.7 Å². The molecule has 1 amide bonds. The first kappa shape index (κ1) is 18.3. The van der Waals surface area contributed by atoms with Gasteiger partial charge in [-0.2, -0.15) is 0 Å². The van der Waals surface area contributed by atoms with Crippen molar-refractivity contribution < 1.29 is 14.3 Å². The van der Waals surface area contributed by atoms with Crippen molar-refractivity contribution in [2.24, 2.45) is 0 Å². The van der Waals surface area contributed by atoms with Crippen LogP contribution in [0.5, 0.6) is 0 Å². The number of nitrogens with one attached hydrogen (secondary N) is 2. The highest BCUT2D eigenvalue weighted by atomic mass is 127. The summed E-state index contributed by atoms with van der Waals surface area (Å²) in [5.74, 6) is -0.467. The first-order valence-corrected chi connectivity index (χ1v) is 8.73. The van der Waals surface area contributed by atoms with Crippen LogP contribution in [-0.4, -0.2) is 25.0 Å². The maximum Gasteiger partial charge on any atom is 0.338 e. The number of rotatable bonds is 7. The normalized spacial score (nSPS) is 10.1. The molecule has 0 heterocycles. The summed E-state index contributed by atoms with van der Waals surface area (Å²) in [7, 11) is 0. The van der Waals surface area contributed by atoms with Gasteiger partial charge in [0.15, 0.2) is 0 Å². The number of esters is 1. The van der Waals surface area contributed by atoms with Crippen LogP contribution in [0, 0.1) is 3.57 Å². The molecule has 6 heteroatoms. The summed E-state index contributed by atoms with van der Waals surface area (Å²) in [4.78, 5) is 23.7. The Labute approximate surface area is 154 Å². The SMILES string of the molecule is CCCOC(=O)c1ccc(NCC(=O)Nc2ccccc2I)cc1. The molecule has 0 aliphatic heterocycles. The highest BCUT2D eigenvalue weighted by Gasteiger charge is 2.07. The Kier molecular flexibility index (Phi) is 7.05. The molecule has 0 spiro atoms. The van der Waals surface area contributed by atoms with Crippen molar-refractivity contribution in [2.75, 3.05) is 23.8 Å². The molecule has 0 aliphatic carbocycles. The van der Waals surface area contributed by atoms with E-state index in [9.17, 15) is 9.59 Å². The number of carbonyl (C=O) groups is 2. The van der Waals surface area contributed by atoms with Crippen LogP contribution in [0.25, 0.3) is 0 Å². The lowest BCUT2D eigenvalue weighted by Crippen LogP contribution is -2.22. The van der Waals surface area contributed by atoms with Gasteiger partial charge in [-0.1, -0.05) is 19.1 Å². The summed E-state index contributed by atoms with van der Waals surface area (Å²) in [6.07, 6.45) is 0.793. The molecule has 2 rings (SSSR count). The second-order valence-electron chi connectivity index (χ2n) is 5.09. The Morgan fingerprint density at radius 3 is 2.46 bits per heavy atom. The lowest BCUT2D eigenvalue weighted by atomic mass is 10.2. The molecule has 0 fully saturated rings. The van der Waals surface area contributed by atoms with Crippen LogP contribution < -0.4 is 10.6 Å². The monoisotopic (exact) mass is 438 g/mol. The van der Waals surface area contributed by atoms with Gasteiger partial charge in [0.05, 0.1) is 24.4 Å². The third kappa shape index (κ3) is 5.52. The maximum atomic E-state index is 12.0. The van der Waals surface area contributed by atoms with Crippen molar-refractivity contribution in [1.82, 2.24) is 0 Å². The molecule has 24 heavy (non-hydrogen) atoms. The van der Waals surface area contributed by atoms with Gasteiger partial charge in [0.25, 0.3) is 0 Å². The van der Waals surface area contributed by atoms with Gasteiger partial charge in [-0.05, 0) is 65.4 Å². The van der Waals surface area contributed by atoms with E-state index < -0.39 is 0 Å². The highest BCUT2D eigenvalue weighted by molar-refractivity contribution is 14.1. The summed E-state index contributed by atoms with van der Waals surface area (Å²) >= 11 is 2.17. The van der Waals surface area contributed by atoms with Gasteiger partial charge in [0.1, 0.15) is 0 Å². The number of carbonyl (C=O) groups excluding carboxylic acids is 2. The number of halogens is 1. The molecule has 0 saturated heterocycles. The largest absolute Gasteiger partial charge is 0.462 e. The first-order chi connectivity index (χ1) is 11.6. The molecular formula is C18H19IN2O3. The number of amides is 1. The minimum Gasteiger partial charge on any atom is -0.462 e. The smallest absolute Gasteiger partial charge is 0.338 e. The number of hydrogen-bond acceptors (Lipinski definition) is 4. The van der Waals surface area contributed by atoms with Crippen LogP contribution in [0.4, 0.5) is 11.4 Å². The number of benzene rings is 2. The van der Waals surface area contributed by atoms with Gasteiger partial charge in [-0.15, -0.1) is 0 Å². The number of hydrogen-bond donors (Lipinski definition) is 2.